The largest absolute Gasteiger partial charge is 0.355 e. The van der Waals surface area contributed by atoms with Crippen LogP contribution in [0.1, 0.15) is 18.5 Å². The van der Waals surface area contributed by atoms with Crippen LogP contribution < -0.4 is 10.6 Å². The number of anilines is 1. The molecule has 1 fully saturated rings. The predicted octanol–water partition coefficient (Wildman–Crippen LogP) is 2.21. The summed E-state index contributed by atoms with van der Waals surface area (Å²) in [7, 11) is 0. The third kappa shape index (κ3) is 3.61. The van der Waals surface area contributed by atoms with Crippen LogP contribution in [0.4, 0.5) is 14.6 Å². The van der Waals surface area contributed by atoms with Crippen molar-refractivity contribution in [2.24, 2.45) is 5.73 Å². The molecule has 0 saturated carbocycles. The van der Waals surface area contributed by atoms with Crippen LogP contribution in [0.2, 0.25) is 0 Å². The monoisotopic (exact) mass is 379 g/mol. The lowest BCUT2D eigenvalue weighted by atomic mass is 10.3. The third-order valence-electron chi connectivity index (χ3n) is 4.06. The Morgan fingerprint density at radius 2 is 2.04 bits per heavy atom. The van der Waals surface area contributed by atoms with Gasteiger partial charge in [0.1, 0.15) is 17.2 Å². The molecule has 3 aromatic heterocycles. The van der Waals surface area contributed by atoms with Gasteiger partial charge < -0.3 is 10.6 Å². The van der Waals surface area contributed by atoms with E-state index >= 15 is 0 Å². The van der Waals surface area contributed by atoms with Gasteiger partial charge in [0.05, 0.1) is 12.4 Å². The fourth-order valence-corrected chi connectivity index (χ4v) is 2.83. The van der Waals surface area contributed by atoms with Gasteiger partial charge in [-0.1, -0.05) is 0 Å². The van der Waals surface area contributed by atoms with Crippen LogP contribution in [-0.4, -0.2) is 49.7 Å². The molecule has 26 heavy (non-hydrogen) atoms. The summed E-state index contributed by atoms with van der Waals surface area (Å²) < 4.78 is 27.3. The maximum absolute atomic E-state index is 12.9. The Morgan fingerprint density at radius 3 is 2.73 bits per heavy atom. The SMILES string of the molecule is CS.NC1CCN(c2ccnc(-c3cnc4cnc(C(F)F)cn34)n2)C1. The minimum atomic E-state index is -2.65. The highest BCUT2D eigenvalue weighted by molar-refractivity contribution is 7.79. The molecule has 0 radical (unpaired) electrons. The average Bonchev–Trinajstić information content (AvgIpc) is 3.29. The second-order valence-electron chi connectivity index (χ2n) is 5.72. The van der Waals surface area contributed by atoms with Crippen molar-refractivity contribution in [1.82, 2.24) is 24.3 Å². The van der Waals surface area contributed by atoms with Gasteiger partial charge in [-0.2, -0.15) is 12.6 Å². The smallest absolute Gasteiger partial charge is 0.281 e. The van der Waals surface area contributed by atoms with Crippen LogP contribution in [0.25, 0.3) is 17.2 Å². The molecule has 138 valence electrons. The minimum Gasteiger partial charge on any atom is -0.355 e. The first kappa shape index (κ1) is 18.5. The highest BCUT2D eigenvalue weighted by atomic mass is 32.1. The number of halogens is 2. The molecule has 10 heteroatoms. The number of nitrogens with zero attached hydrogens (tertiary/aromatic N) is 6. The molecule has 7 nitrogen and oxygen atoms in total. The number of nitrogens with two attached hydrogens (primary N) is 1. The summed E-state index contributed by atoms with van der Waals surface area (Å²) in [5.74, 6) is 1.19. The Kier molecular flexibility index (Phi) is 5.62. The number of fused-ring (bicyclic) bond motifs is 1. The molecule has 4 heterocycles. The van der Waals surface area contributed by atoms with E-state index in [1.54, 1.807) is 18.6 Å². The lowest BCUT2D eigenvalue weighted by molar-refractivity contribution is 0.145. The number of hydrogen-bond acceptors (Lipinski definition) is 7. The summed E-state index contributed by atoms with van der Waals surface area (Å²) in [6.45, 7) is 1.58. The molecule has 2 N–H and O–H groups in total. The molecular formula is C16H19F2N7S. The first-order valence-corrected chi connectivity index (χ1v) is 8.91. The van der Waals surface area contributed by atoms with Crippen LogP contribution in [0.3, 0.4) is 0 Å². The molecule has 1 saturated heterocycles. The number of alkyl halides is 2. The van der Waals surface area contributed by atoms with Crippen molar-refractivity contribution in [3.05, 3.63) is 36.5 Å². The van der Waals surface area contributed by atoms with E-state index in [1.165, 1.54) is 16.8 Å². The molecule has 4 rings (SSSR count). The Morgan fingerprint density at radius 1 is 1.23 bits per heavy atom. The van der Waals surface area contributed by atoms with Gasteiger partial charge in [0.25, 0.3) is 6.43 Å². The first-order valence-electron chi connectivity index (χ1n) is 8.01. The van der Waals surface area contributed by atoms with Gasteiger partial charge in [-0.25, -0.2) is 28.7 Å². The maximum atomic E-state index is 12.9. The molecule has 0 spiro atoms. The third-order valence-corrected chi connectivity index (χ3v) is 4.06. The van der Waals surface area contributed by atoms with E-state index in [0.29, 0.717) is 17.2 Å². The number of rotatable bonds is 3. The predicted molar refractivity (Wildman–Crippen MR) is 98.7 cm³/mol. The van der Waals surface area contributed by atoms with Gasteiger partial charge in [0.15, 0.2) is 11.5 Å². The van der Waals surface area contributed by atoms with E-state index in [1.807, 2.05) is 6.07 Å². The zero-order chi connectivity index (χ0) is 18.7. The van der Waals surface area contributed by atoms with E-state index in [2.05, 4.69) is 37.5 Å². The topological polar surface area (TPSA) is 85.2 Å². The quantitative estimate of drug-likeness (QED) is 0.679. The molecule has 1 aliphatic rings. The van der Waals surface area contributed by atoms with Gasteiger partial charge in [0.2, 0.25) is 0 Å². The van der Waals surface area contributed by atoms with E-state index in [9.17, 15) is 8.78 Å². The van der Waals surface area contributed by atoms with Gasteiger partial charge in [-0.15, -0.1) is 0 Å². The van der Waals surface area contributed by atoms with Crippen LogP contribution in [0.15, 0.2) is 30.9 Å². The highest BCUT2D eigenvalue weighted by Gasteiger charge is 2.21. The van der Waals surface area contributed by atoms with E-state index in [4.69, 9.17) is 5.73 Å². The number of imidazole rings is 1. The summed E-state index contributed by atoms with van der Waals surface area (Å²) >= 11 is 3.53. The lowest BCUT2D eigenvalue weighted by Crippen LogP contribution is -2.27. The Hall–Kier alpha value is -2.33. The molecule has 0 aliphatic carbocycles. The lowest BCUT2D eigenvalue weighted by Gasteiger charge is -2.16. The van der Waals surface area contributed by atoms with E-state index < -0.39 is 6.43 Å². The van der Waals surface area contributed by atoms with Crippen molar-refractivity contribution in [2.75, 3.05) is 24.2 Å². The molecule has 1 aliphatic heterocycles. The van der Waals surface area contributed by atoms with Crippen LogP contribution in [0, 0.1) is 0 Å². The molecule has 3 aromatic rings. The molecule has 1 unspecified atom stereocenters. The van der Waals surface area contributed by atoms with E-state index in [0.717, 1.165) is 25.3 Å². The van der Waals surface area contributed by atoms with Gasteiger partial charge >= 0.3 is 0 Å². The molecule has 0 aromatic carbocycles. The van der Waals surface area contributed by atoms with Crippen molar-refractivity contribution in [1.29, 1.82) is 0 Å². The zero-order valence-corrected chi connectivity index (χ0v) is 15.0. The molecule has 0 bridgehead atoms. The van der Waals surface area contributed by atoms with Crippen molar-refractivity contribution in [3.63, 3.8) is 0 Å². The highest BCUT2D eigenvalue weighted by Crippen LogP contribution is 2.23. The summed E-state index contributed by atoms with van der Waals surface area (Å²) in [5, 5.41) is 0. The average molecular weight is 379 g/mol. The van der Waals surface area contributed by atoms with Crippen molar-refractivity contribution in [2.45, 2.75) is 18.9 Å². The first-order chi connectivity index (χ1) is 12.6. The summed E-state index contributed by atoms with van der Waals surface area (Å²) in [5.41, 5.74) is 6.63. The standard InChI is InChI=1S/C15H15F2N7.CH4S/c16-14(17)10-8-24-11(5-21-13(24)6-20-10)15-19-3-1-12(22-15)23-4-2-9(18)7-23;1-2/h1,3,5-6,8-9,14H,2,4,7,18H2;2H,1H3. The van der Waals surface area contributed by atoms with Crippen molar-refractivity contribution >= 4 is 24.1 Å². The molecular weight excluding hydrogens is 360 g/mol. The number of hydrogen-bond donors (Lipinski definition) is 2. The summed E-state index contributed by atoms with van der Waals surface area (Å²) in [4.78, 5) is 18.8. The number of aromatic nitrogens is 5. The minimum absolute atomic E-state index is 0.138. The Bertz CT molecular complexity index is 886. The number of thiol groups is 1. The van der Waals surface area contributed by atoms with Crippen molar-refractivity contribution in [3.8, 4) is 11.5 Å². The second-order valence-corrected chi connectivity index (χ2v) is 5.72. The van der Waals surface area contributed by atoms with Gasteiger partial charge in [0, 0.05) is 31.5 Å². The molecule has 1 atom stereocenters. The zero-order valence-electron chi connectivity index (χ0n) is 14.1. The van der Waals surface area contributed by atoms with Gasteiger partial charge in [-0.05, 0) is 18.7 Å². The fourth-order valence-electron chi connectivity index (χ4n) is 2.83. The van der Waals surface area contributed by atoms with Crippen LogP contribution in [0.5, 0.6) is 0 Å². The Balaban J connectivity index is 0.000000948. The second kappa shape index (κ2) is 7.92. The van der Waals surface area contributed by atoms with Crippen molar-refractivity contribution < 1.29 is 8.78 Å². The van der Waals surface area contributed by atoms with E-state index in [-0.39, 0.29) is 11.7 Å². The van der Waals surface area contributed by atoms with Crippen LogP contribution in [-0.2, 0) is 0 Å². The Labute approximate surface area is 154 Å². The summed E-state index contributed by atoms with van der Waals surface area (Å²) in [6.07, 6.45) is 5.75. The maximum Gasteiger partial charge on any atom is 0.281 e. The van der Waals surface area contributed by atoms with Crippen LogP contribution >= 0.6 is 12.6 Å². The summed E-state index contributed by atoms with van der Waals surface area (Å²) in [6, 6.07) is 1.95. The normalized spacial score (nSPS) is 16.8. The molecule has 0 amide bonds. The fraction of sp³-hybridized carbons (Fsp3) is 0.375. The van der Waals surface area contributed by atoms with Gasteiger partial charge in [-0.3, -0.25) is 4.40 Å².